The number of aromatic nitrogens is 1. The molecule has 0 spiro atoms. The maximum Gasteiger partial charge on any atom is 0.498 e. The molecular weight excluding hydrogens is 629 g/mol. The van der Waals surface area contributed by atoms with Gasteiger partial charge in [-0.05, 0) is 111 Å². The smallest absolute Gasteiger partial charge is 0.463 e. The van der Waals surface area contributed by atoms with Gasteiger partial charge in [-0.15, -0.1) is 0 Å². The number of aryl methyl sites for hydroxylation is 1. The third kappa shape index (κ3) is 7.94. The fraction of sp³-hybridized carbons (Fsp3) is 0.600. The number of hydrogen-bond acceptors (Lipinski definition) is 4. The second-order valence-corrected chi connectivity index (χ2v) is 18.4. The maximum atomic E-state index is 7.07. The maximum absolute atomic E-state index is 7.07. The number of nitrogens with zero attached hydrogens (tertiary/aromatic N) is 1. The van der Waals surface area contributed by atoms with Crippen molar-refractivity contribution >= 4 is 34.4 Å². The Labute approximate surface area is 308 Å². The first-order chi connectivity index (χ1) is 24.0. The van der Waals surface area contributed by atoms with Crippen LogP contribution in [-0.4, -0.2) is 35.8 Å². The zero-order valence-corrected chi connectivity index (χ0v) is 33.6. The number of benzene rings is 3. The van der Waals surface area contributed by atoms with Crippen LogP contribution in [-0.2, 0) is 31.3 Å². The van der Waals surface area contributed by atoms with Crippen LogP contribution in [0.15, 0.2) is 48.5 Å². The van der Waals surface area contributed by atoms with Crippen LogP contribution in [0.1, 0.15) is 151 Å². The molecule has 2 saturated heterocycles. The average Bonchev–Trinajstić information content (AvgIpc) is 3.50. The van der Waals surface area contributed by atoms with Crippen LogP contribution >= 0.6 is 0 Å². The lowest BCUT2D eigenvalue weighted by Gasteiger charge is -2.32. The first-order valence-electron chi connectivity index (χ1n) is 19.9. The Bertz CT molecular complexity index is 1750. The molecule has 2 fully saturated rings. The molecule has 3 heterocycles. The summed E-state index contributed by atoms with van der Waals surface area (Å²) in [5.74, 6) is 0.797. The van der Waals surface area contributed by atoms with Gasteiger partial charge in [0.2, 0.25) is 0 Å². The van der Waals surface area contributed by atoms with Crippen molar-refractivity contribution in [3.8, 4) is 11.4 Å². The third-order valence-corrected chi connectivity index (χ3v) is 11.6. The van der Waals surface area contributed by atoms with Gasteiger partial charge >= 0.3 is 7.12 Å². The first kappa shape index (κ1) is 37.9. The summed E-state index contributed by atoms with van der Waals surface area (Å²) in [6.07, 6.45) is 11.2. The summed E-state index contributed by atoms with van der Waals surface area (Å²) < 4.78 is 29.4. The molecule has 0 amide bonds. The van der Waals surface area contributed by atoms with Gasteiger partial charge in [-0.3, -0.25) is 0 Å². The standard InChI is InChI=1S/C45H64BNO4/c1-12-13-14-15-16-17-20-31-27-36(46-50-44(8,9)45(10,11)51-46)41(49-40-21-18-19-26-48-40)39(28-31)47-37-24-22-32(42(2,3)4)29-34(37)35-30-33(43(5,6)7)23-25-38(35)47/h22-25,27-30,40H,12-21,26H2,1-11H3. The molecule has 5 nitrogen and oxygen atoms in total. The Kier molecular flexibility index (Phi) is 10.8. The molecule has 0 radical (unpaired) electrons. The summed E-state index contributed by atoms with van der Waals surface area (Å²) in [5.41, 5.74) is 7.37. The molecule has 6 rings (SSSR count). The quantitative estimate of drug-likeness (QED) is 0.116. The van der Waals surface area contributed by atoms with Crippen LogP contribution in [0.4, 0.5) is 0 Å². The van der Waals surface area contributed by atoms with Crippen molar-refractivity contribution in [2.45, 2.75) is 169 Å². The van der Waals surface area contributed by atoms with Crippen molar-refractivity contribution in [3.05, 3.63) is 65.2 Å². The zero-order chi connectivity index (χ0) is 36.8. The van der Waals surface area contributed by atoms with Gasteiger partial charge in [0.05, 0.1) is 34.5 Å². The number of hydrogen-bond donors (Lipinski definition) is 0. The van der Waals surface area contributed by atoms with Crippen molar-refractivity contribution in [2.75, 3.05) is 6.61 Å². The molecule has 0 bridgehead atoms. The molecule has 0 saturated carbocycles. The van der Waals surface area contributed by atoms with Gasteiger partial charge in [0.25, 0.3) is 0 Å². The lowest BCUT2D eigenvalue weighted by Crippen LogP contribution is -2.41. The molecule has 0 aliphatic carbocycles. The van der Waals surface area contributed by atoms with E-state index in [2.05, 4.69) is 129 Å². The zero-order valence-electron chi connectivity index (χ0n) is 33.6. The number of unbranched alkanes of at least 4 members (excludes halogenated alkanes) is 5. The van der Waals surface area contributed by atoms with Crippen LogP contribution in [0.25, 0.3) is 27.5 Å². The molecule has 3 aromatic carbocycles. The SMILES string of the molecule is CCCCCCCCc1cc(B2OC(C)(C)C(C)(C)O2)c(OC2CCCCO2)c(-n2c3ccc(C(C)(C)C)cc3c3cc(C(C)(C)C)ccc32)c1. The highest BCUT2D eigenvalue weighted by molar-refractivity contribution is 6.63. The molecule has 276 valence electrons. The van der Waals surface area contributed by atoms with Gasteiger partial charge in [-0.2, -0.15) is 0 Å². The van der Waals surface area contributed by atoms with E-state index in [4.69, 9.17) is 18.8 Å². The lowest BCUT2D eigenvalue weighted by molar-refractivity contribution is -0.105. The Hall–Kier alpha value is -2.80. The third-order valence-electron chi connectivity index (χ3n) is 11.6. The van der Waals surface area contributed by atoms with Gasteiger partial charge in [0.1, 0.15) is 5.75 Å². The van der Waals surface area contributed by atoms with E-state index in [9.17, 15) is 0 Å². The molecule has 1 atom stereocenters. The largest absolute Gasteiger partial charge is 0.498 e. The van der Waals surface area contributed by atoms with Gasteiger partial charge in [-0.25, -0.2) is 0 Å². The minimum absolute atomic E-state index is 0.0256. The van der Waals surface area contributed by atoms with E-state index >= 15 is 0 Å². The van der Waals surface area contributed by atoms with Crippen molar-refractivity contribution in [1.29, 1.82) is 0 Å². The minimum atomic E-state index is -0.565. The summed E-state index contributed by atoms with van der Waals surface area (Å²) in [7, 11) is -0.565. The van der Waals surface area contributed by atoms with Crippen molar-refractivity contribution in [1.82, 2.24) is 4.57 Å². The summed E-state index contributed by atoms with van der Waals surface area (Å²) in [6.45, 7) is 25.3. The van der Waals surface area contributed by atoms with Crippen molar-refractivity contribution in [2.24, 2.45) is 0 Å². The van der Waals surface area contributed by atoms with E-state index in [1.54, 1.807) is 0 Å². The predicted octanol–water partition coefficient (Wildman–Crippen LogP) is 11.5. The van der Waals surface area contributed by atoms with E-state index in [0.717, 1.165) is 49.0 Å². The Balaban J connectivity index is 1.61. The van der Waals surface area contributed by atoms with Gasteiger partial charge in [0.15, 0.2) is 6.29 Å². The summed E-state index contributed by atoms with van der Waals surface area (Å²) >= 11 is 0. The van der Waals surface area contributed by atoms with Crippen molar-refractivity contribution in [3.63, 3.8) is 0 Å². The summed E-state index contributed by atoms with van der Waals surface area (Å²) in [4.78, 5) is 0. The molecule has 2 aliphatic rings. The van der Waals surface area contributed by atoms with Crippen LogP contribution in [0.5, 0.6) is 5.75 Å². The summed E-state index contributed by atoms with van der Waals surface area (Å²) in [5, 5.41) is 2.53. The summed E-state index contributed by atoms with van der Waals surface area (Å²) in [6, 6.07) is 18.8. The monoisotopic (exact) mass is 693 g/mol. The molecule has 6 heteroatoms. The van der Waals surface area contributed by atoms with E-state index in [1.165, 1.54) is 70.6 Å². The van der Waals surface area contributed by atoms with Gasteiger partial charge in [0, 0.05) is 22.7 Å². The predicted molar refractivity (Wildman–Crippen MR) is 215 cm³/mol. The van der Waals surface area contributed by atoms with E-state index < -0.39 is 18.3 Å². The van der Waals surface area contributed by atoms with Crippen LogP contribution < -0.4 is 10.2 Å². The van der Waals surface area contributed by atoms with E-state index in [-0.39, 0.29) is 17.1 Å². The van der Waals surface area contributed by atoms with E-state index in [0.29, 0.717) is 6.61 Å². The van der Waals surface area contributed by atoms with E-state index in [1.807, 2.05) is 0 Å². The van der Waals surface area contributed by atoms with Crippen LogP contribution in [0, 0.1) is 0 Å². The van der Waals surface area contributed by atoms with Gasteiger partial charge in [-0.1, -0.05) is 98.8 Å². The first-order valence-corrected chi connectivity index (χ1v) is 19.9. The minimum Gasteiger partial charge on any atom is -0.463 e. The second-order valence-electron chi connectivity index (χ2n) is 18.4. The molecule has 1 aromatic heterocycles. The average molecular weight is 694 g/mol. The molecular formula is C45H64BNO4. The number of ether oxygens (including phenoxy) is 2. The highest BCUT2D eigenvalue weighted by atomic mass is 16.7. The van der Waals surface area contributed by atoms with Crippen LogP contribution in [0.3, 0.4) is 0 Å². The molecule has 1 unspecified atom stereocenters. The highest BCUT2D eigenvalue weighted by Crippen LogP contribution is 2.42. The molecule has 4 aromatic rings. The topological polar surface area (TPSA) is 41.9 Å². The van der Waals surface area contributed by atoms with Crippen LogP contribution in [0.2, 0.25) is 0 Å². The molecule has 2 aliphatic heterocycles. The lowest BCUT2D eigenvalue weighted by atomic mass is 9.76. The fourth-order valence-electron chi connectivity index (χ4n) is 7.54. The van der Waals surface area contributed by atoms with Gasteiger partial charge < -0.3 is 23.3 Å². The molecule has 51 heavy (non-hydrogen) atoms. The normalized spacial score (nSPS) is 19.4. The fourth-order valence-corrected chi connectivity index (χ4v) is 7.54. The number of rotatable bonds is 11. The van der Waals surface area contributed by atoms with Crippen molar-refractivity contribution < 1.29 is 18.8 Å². The molecule has 0 N–H and O–H groups in total. The second kappa shape index (κ2) is 14.6. The Morgan fingerprint density at radius 1 is 0.745 bits per heavy atom. The Morgan fingerprint density at radius 2 is 1.31 bits per heavy atom. The number of fused-ring (bicyclic) bond motifs is 3. The highest BCUT2D eigenvalue weighted by Gasteiger charge is 2.53. The Morgan fingerprint density at radius 3 is 1.84 bits per heavy atom.